The van der Waals surface area contributed by atoms with Crippen LogP contribution in [0.15, 0.2) is 201 Å². The molecule has 0 radical (unpaired) electrons. The van der Waals surface area contributed by atoms with Gasteiger partial charge in [0.25, 0.3) is 0 Å². The molecule has 1 atom stereocenters. The zero-order valence-corrected chi connectivity index (χ0v) is 30.6. The van der Waals surface area contributed by atoms with Gasteiger partial charge in [-0.25, -0.2) is 9.98 Å². The molecule has 8 aromatic carbocycles. The van der Waals surface area contributed by atoms with Crippen LogP contribution in [-0.4, -0.2) is 16.2 Å². The van der Waals surface area contributed by atoms with Gasteiger partial charge in [-0.3, -0.25) is 0 Å². The number of nitrogens with one attached hydrogen (secondary N) is 1. The Kier molecular flexibility index (Phi) is 6.89. The maximum absolute atomic E-state index is 6.79. The largest absolute Gasteiger partial charge is 0.456 e. The zero-order chi connectivity index (χ0) is 37.5. The van der Waals surface area contributed by atoms with Gasteiger partial charge in [-0.05, 0) is 65.7 Å². The number of aliphatic imine (C=N–C) groups is 2. The number of rotatable bonds is 5. The standard InChI is InChI=1S/C51H32N4O2/c1-3-14-31(15-4-1)49-52-50(54-51(53-49)39-23-13-27-45-47(39)38-19-8-10-26-43(38)56-45)32-28-29-44-40(30-32)36-22-11-21-35(48(36)57-44)34-20-12-25-42-46(34)37-18-7-9-24-41(37)55(42)33-16-5-2-6-17-33/h1-30,49H,(H,52,53,54). The molecule has 6 heteroatoms. The summed E-state index contributed by atoms with van der Waals surface area (Å²) in [4.78, 5) is 10.4. The lowest BCUT2D eigenvalue weighted by atomic mass is 9.97. The third-order valence-electron chi connectivity index (χ3n) is 11.3. The molecule has 12 rings (SSSR count). The Labute approximate surface area is 326 Å². The summed E-state index contributed by atoms with van der Waals surface area (Å²) >= 11 is 0. The maximum Gasteiger partial charge on any atom is 0.160 e. The first-order valence-electron chi connectivity index (χ1n) is 19.2. The third-order valence-corrected chi connectivity index (χ3v) is 11.3. The van der Waals surface area contributed by atoms with E-state index in [9.17, 15) is 0 Å². The highest BCUT2D eigenvalue weighted by molar-refractivity contribution is 6.23. The van der Waals surface area contributed by atoms with Gasteiger partial charge in [0.1, 0.15) is 34.3 Å². The van der Waals surface area contributed by atoms with E-state index in [-0.39, 0.29) is 6.17 Å². The normalized spacial score (nSPS) is 14.5. The number of amidine groups is 2. The molecule has 1 unspecified atom stereocenters. The van der Waals surface area contributed by atoms with Gasteiger partial charge in [0.15, 0.2) is 5.84 Å². The summed E-state index contributed by atoms with van der Waals surface area (Å²) in [5.41, 5.74) is 11.9. The van der Waals surface area contributed by atoms with Gasteiger partial charge < -0.3 is 18.7 Å². The summed E-state index contributed by atoms with van der Waals surface area (Å²) in [5.74, 6) is 1.39. The van der Waals surface area contributed by atoms with Crippen LogP contribution >= 0.6 is 0 Å². The first kappa shape index (κ1) is 31.6. The number of fused-ring (bicyclic) bond motifs is 9. The minimum absolute atomic E-state index is 0.344. The Bertz CT molecular complexity index is 3440. The number of para-hydroxylation sites is 4. The Morgan fingerprint density at radius 3 is 2.04 bits per heavy atom. The lowest BCUT2D eigenvalue weighted by Crippen LogP contribution is -2.33. The molecule has 11 aromatic rings. The van der Waals surface area contributed by atoms with Gasteiger partial charge in [0, 0.05) is 54.7 Å². The molecule has 0 bridgehead atoms. The van der Waals surface area contributed by atoms with E-state index in [1.54, 1.807) is 0 Å². The predicted octanol–water partition coefficient (Wildman–Crippen LogP) is 12.7. The molecule has 0 aliphatic carbocycles. The van der Waals surface area contributed by atoms with Crippen LogP contribution in [0.5, 0.6) is 0 Å². The predicted molar refractivity (Wildman–Crippen MR) is 233 cm³/mol. The highest BCUT2D eigenvalue weighted by Crippen LogP contribution is 2.43. The van der Waals surface area contributed by atoms with Crippen molar-refractivity contribution in [2.75, 3.05) is 0 Å². The first-order chi connectivity index (χ1) is 28.3. The Morgan fingerprint density at radius 2 is 1.14 bits per heavy atom. The van der Waals surface area contributed by atoms with Crippen molar-refractivity contribution in [2.24, 2.45) is 9.98 Å². The monoisotopic (exact) mass is 732 g/mol. The van der Waals surface area contributed by atoms with Crippen LogP contribution in [0.1, 0.15) is 22.9 Å². The van der Waals surface area contributed by atoms with Crippen molar-refractivity contribution < 1.29 is 8.83 Å². The van der Waals surface area contributed by atoms with E-state index in [4.69, 9.17) is 18.8 Å². The molecule has 0 fully saturated rings. The quantitative estimate of drug-likeness (QED) is 0.192. The molecule has 4 heterocycles. The highest BCUT2D eigenvalue weighted by Gasteiger charge is 2.25. The van der Waals surface area contributed by atoms with Gasteiger partial charge in [-0.15, -0.1) is 0 Å². The van der Waals surface area contributed by atoms with Crippen LogP contribution in [0, 0.1) is 0 Å². The molecule has 57 heavy (non-hydrogen) atoms. The van der Waals surface area contributed by atoms with Crippen LogP contribution in [0.25, 0.3) is 82.5 Å². The Balaban J connectivity index is 1.03. The number of hydrogen-bond donors (Lipinski definition) is 1. The second-order valence-corrected chi connectivity index (χ2v) is 14.5. The lowest BCUT2D eigenvalue weighted by molar-refractivity contribution is 0.668. The zero-order valence-electron chi connectivity index (χ0n) is 30.6. The lowest BCUT2D eigenvalue weighted by Gasteiger charge is -2.24. The molecule has 0 saturated carbocycles. The molecule has 3 aromatic heterocycles. The molecular weight excluding hydrogens is 701 g/mol. The molecular formula is C51H32N4O2. The highest BCUT2D eigenvalue weighted by atomic mass is 16.3. The summed E-state index contributed by atoms with van der Waals surface area (Å²) in [6.07, 6.45) is -0.344. The third kappa shape index (κ3) is 4.90. The first-order valence-corrected chi connectivity index (χ1v) is 19.2. The molecule has 0 amide bonds. The Hall–Kier alpha value is -7.70. The van der Waals surface area contributed by atoms with Gasteiger partial charge >= 0.3 is 0 Å². The molecule has 1 N–H and O–H groups in total. The summed E-state index contributed by atoms with van der Waals surface area (Å²) in [7, 11) is 0. The van der Waals surface area contributed by atoms with E-state index < -0.39 is 0 Å². The fourth-order valence-corrected chi connectivity index (χ4v) is 8.74. The second-order valence-electron chi connectivity index (χ2n) is 14.5. The topological polar surface area (TPSA) is 68.0 Å². The van der Waals surface area contributed by atoms with Gasteiger partial charge in [0.2, 0.25) is 0 Å². The van der Waals surface area contributed by atoms with E-state index in [2.05, 4.69) is 143 Å². The Morgan fingerprint density at radius 1 is 0.474 bits per heavy atom. The van der Waals surface area contributed by atoms with Crippen molar-refractivity contribution in [2.45, 2.75) is 6.17 Å². The SMILES string of the molecule is c1ccc(C2N=C(c3cccc4oc5ccccc5c34)N=C(c3ccc4oc5c(-c6cccc7c6c6ccccc6n7-c6ccccc6)cccc5c4c3)N2)cc1. The molecule has 0 saturated heterocycles. The molecule has 1 aliphatic heterocycles. The van der Waals surface area contributed by atoms with E-state index >= 15 is 0 Å². The summed E-state index contributed by atoms with van der Waals surface area (Å²) in [6, 6.07) is 63.2. The molecule has 6 nitrogen and oxygen atoms in total. The minimum atomic E-state index is -0.344. The molecule has 0 spiro atoms. The van der Waals surface area contributed by atoms with Crippen LogP contribution < -0.4 is 5.32 Å². The van der Waals surface area contributed by atoms with Crippen molar-refractivity contribution in [1.29, 1.82) is 0 Å². The van der Waals surface area contributed by atoms with E-state index in [0.717, 1.165) is 88.7 Å². The fourth-order valence-electron chi connectivity index (χ4n) is 8.74. The minimum Gasteiger partial charge on any atom is -0.456 e. The van der Waals surface area contributed by atoms with E-state index in [0.29, 0.717) is 5.84 Å². The fraction of sp³-hybridized carbons (Fsp3) is 0.0196. The summed E-state index contributed by atoms with van der Waals surface area (Å²) in [6.45, 7) is 0. The summed E-state index contributed by atoms with van der Waals surface area (Å²) in [5, 5.41) is 10.2. The van der Waals surface area contributed by atoms with Crippen molar-refractivity contribution >= 4 is 77.4 Å². The van der Waals surface area contributed by atoms with Crippen LogP contribution in [0.2, 0.25) is 0 Å². The molecule has 268 valence electrons. The maximum atomic E-state index is 6.79. The summed E-state index contributed by atoms with van der Waals surface area (Å²) < 4.78 is 15.4. The van der Waals surface area contributed by atoms with E-state index in [1.807, 2.05) is 48.5 Å². The number of furan rings is 2. The second kappa shape index (κ2) is 12.4. The van der Waals surface area contributed by atoms with Gasteiger partial charge in [-0.1, -0.05) is 127 Å². The van der Waals surface area contributed by atoms with E-state index in [1.165, 1.54) is 16.3 Å². The van der Waals surface area contributed by atoms with Gasteiger partial charge in [0.05, 0.1) is 11.0 Å². The number of hydrogen-bond acceptors (Lipinski definition) is 5. The van der Waals surface area contributed by atoms with Crippen molar-refractivity contribution in [1.82, 2.24) is 9.88 Å². The van der Waals surface area contributed by atoms with Gasteiger partial charge in [-0.2, -0.15) is 0 Å². The van der Waals surface area contributed by atoms with Crippen molar-refractivity contribution in [3.63, 3.8) is 0 Å². The smallest absolute Gasteiger partial charge is 0.160 e. The van der Waals surface area contributed by atoms with Crippen LogP contribution in [-0.2, 0) is 0 Å². The average Bonchev–Trinajstić information content (AvgIpc) is 3.96. The number of aromatic nitrogens is 1. The van der Waals surface area contributed by atoms with Crippen LogP contribution in [0.4, 0.5) is 0 Å². The average molecular weight is 733 g/mol. The number of benzene rings is 8. The van der Waals surface area contributed by atoms with Crippen molar-refractivity contribution in [3.05, 3.63) is 199 Å². The van der Waals surface area contributed by atoms with Crippen LogP contribution in [0.3, 0.4) is 0 Å². The molecule has 1 aliphatic rings. The van der Waals surface area contributed by atoms with Crippen molar-refractivity contribution in [3.8, 4) is 16.8 Å². The number of nitrogens with zero attached hydrogens (tertiary/aromatic N) is 3.